The minimum Gasteiger partial charge on any atom is -0.338 e. The Morgan fingerprint density at radius 3 is 2.75 bits per heavy atom. The standard InChI is InChI=1S/C17H24N2O/c20-17(16-10-4-5-11-18-16)19-12-6-9-15(19)13-14-7-2-1-3-8-14/h1-3,7-8,15-16,18H,4-6,9-13H2/t15?,16-/m1/s1. The average molecular weight is 272 g/mol. The molecule has 3 heteroatoms. The molecule has 2 saturated heterocycles. The fraction of sp³-hybridized carbons (Fsp3) is 0.588. The van der Waals surface area contributed by atoms with Crippen LogP contribution in [0.25, 0.3) is 0 Å². The van der Waals surface area contributed by atoms with E-state index in [-0.39, 0.29) is 6.04 Å². The Morgan fingerprint density at radius 2 is 2.00 bits per heavy atom. The Bertz CT molecular complexity index is 440. The van der Waals surface area contributed by atoms with Crippen LogP contribution in [-0.4, -0.2) is 36.0 Å². The molecule has 2 heterocycles. The molecule has 1 unspecified atom stereocenters. The molecule has 0 radical (unpaired) electrons. The van der Waals surface area contributed by atoms with E-state index in [2.05, 4.69) is 34.5 Å². The van der Waals surface area contributed by atoms with Crippen LogP contribution in [0, 0.1) is 0 Å². The van der Waals surface area contributed by atoms with Crippen LogP contribution >= 0.6 is 0 Å². The zero-order valence-corrected chi connectivity index (χ0v) is 12.1. The third kappa shape index (κ3) is 3.04. The lowest BCUT2D eigenvalue weighted by Crippen LogP contribution is -2.50. The maximum atomic E-state index is 12.7. The predicted octanol–water partition coefficient (Wildman–Crippen LogP) is 2.36. The largest absolute Gasteiger partial charge is 0.338 e. The second-order valence-corrected chi connectivity index (χ2v) is 6.02. The number of rotatable bonds is 3. The van der Waals surface area contributed by atoms with Crippen molar-refractivity contribution in [3.63, 3.8) is 0 Å². The summed E-state index contributed by atoms with van der Waals surface area (Å²) in [6.45, 7) is 1.93. The second kappa shape index (κ2) is 6.40. The number of carbonyl (C=O) groups excluding carboxylic acids is 1. The van der Waals surface area contributed by atoms with Gasteiger partial charge in [0.25, 0.3) is 0 Å². The molecule has 0 aromatic heterocycles. The molecular formula is C17H24N2O. The lowest BCUT2D eigenvalue weighted by Gasteiger charge is -2.31. The van der Waals surface area contributed by atoms with Crippen LogP contribution in [0.4, 0.5) is 0 Å². The fourth-order valence-corrected chi connectivity index (χ4v) is 3.49. The van der Waals surface area contributed by atoms with Crippen molar-refractivity contribution in [3.05, 3.63) is 35.9 Å². The SMILES string of the molecule is O=C([C@H]1CCCCN1)N1CCCC1Cc1ccccc1. The highest BCUT2D eigenvalue weighted by atomic mass is 16.2. The third-order valence-electron chi connectivity index (χ3n) is 4.58. The van der Waals surface area contributed by atoms with Gasteiger partial charge in [0, 0.05) is 12.6 Å². The number of amides is 1. The van der Waals surface area contributed by atoms with Gasteiger partial charge in [0.2, 0.25) is 5.91 Å². The summed E-state index contributed by atoms with van der Waals surface area (Å²) in [6.07, 6.45) is 6.69. The summed E-state index contributed by atoms with van der Waals surface area (Å²) in [5.74, 6) is 0.336. The quantitative estimate of drug-likeness (QED) is 0.916. The zero-order valence-electron chi connectivity index (χ0n) is 12.1. The van der Waals surface area contributed by atoms with Gasteiger partial charge in [0.05, 0.1) is 6.04 Å². The molecule has 2 fully saturated rings. The summed E-state index contributed by atoms with van der Waals surface area (Å²) in [4.78, 5) is 14.8. The molecule has 1 amide bonds. The molecule has 1 aromatic carbocycles. The Labute approximate surface area is 121 Å². The predicted molar refractivity (Wildman–Crippen MR) is 80.5 cm³/mol. The van der Waals surface area contributed by atoms with E-state index in [4.69, 9.17) is 0 Å². The van der Waals surface area contributed by atoms with E-state index in [1.807, 2.05) is 6.07 Å². The summed E-state index contributed by atoms with van der Waals surface area (Å²) in [5, 5.41) is 3.39. The first-order valence-corrected chi connectivity index (χ1v) is 7.92. The van der Waals surface area contributed by atoms with E-state index >= 15 is 0 Å². The highest BCUT2D eigenvalue weighted by Gasteiger charge is 2.33. The molecule has 3 rings (SSSR count). The zero-order chi connectivity index (χ0) is 13.8. The molecule has 20 heavy (non-hydrogen) atoms. The minimum absolute atomic E-state index is 0.0696. The maximum Gasteiger partial charge on any atom is 0.239 e. The summed E-state index contributed by atoms with van der Waals surface area (Å²) in [5.41, 5.74) is 1.34. The van der Waals surface area contributed by atoms with Gasteiger partial charge in [-0.25, -0.2) is 0 Å². The number of benzene rings is 1. The molecule has 2 aliphatic rings. The number of nitrogens with zero attached hydrogens (tertiary/aromatic N) is 1. The Morgan fingerprint density at radius 1 is 1.15 bits per heavy atom. The lowest BCUT2D eigenvalue weighted by molar-refractivity contribution is -0.134. The highest BCUT2D eigenvalue weighted by molar-refractivity contribution is 5.82. The first kappa shape index (κ1) is 13.6. The first-order chi connectivity index (χ1) is 9.84. The fourth-order valence-electron chi connectivity index (χ4n) is 3.49. The normalized spacial score (nSPS) is 26.7. The van der Waals surface area contributed by atoms with E-state index in [1.165, 1.54) is 18.4 Å². The van der Waals surface area contributed by atoms with Crippen LogP contribution in [0.1, 0.15) is 37.7 Å². The van der Waals surface area contributed by atoms with Crippen molar-refractivity contribution in [2.24, 2.45) is 0 Å². The first-order valence-electron chi connectivity index (χ1n) is 7.92. The minimum atomic E-state index is 0.0696. The molecule has 2 aliphatic heterocycles. The van der Waals surface area contributed by atoms with Crippen LogP contribution < -0.4 is 5.32 Å². The van der Waals surface area contributed by atoms with E-state index < -0.39 is 0 Å². The van der Waals surface area contributed by atoms with Gasteiger partial charge in [0.15, 0.2) is 0 Å². The molecular weight excluding hydrogens is 248 g/mol. The van der Waals surface area contributed by atoms with Gasteiger partial charge in [-0.2, -0.15) is 0 Å². The van der Waals surface area contributed by atoms with Crippen molar-refractivity contribution in [1.82, 2.24) is 10.2 Å². The highest BCUT2D eigenvalue weighted by Crippen LogP contribution is 2.23. The van der Waals surface area contributed by atoms with Crippen LogP contribution in [0.2, 0.25) is 0 Å². The molecule has 0 bridgehead atoms. The van der Waals surface area contributed by atoms with Crippen LogP contribution in [-0.2, 0) is 11.2 Å². The molecule has 1 aromatic rings. The summed E-state index contributed by atoms with van der Waals surface area (Å²) >= 11 is 0. The van der Waals surface area contributed by atoms with Crippen molar-refractivity contribution < 1.29 is 4.79 Å². The summed E-state index contributed by atoms with van der Waals surface area (Å²) < 4.78 is 0. The van der Waals surface area contributed by atoms with Gasteiger partial charge >= 0.3 is 0 Å². The number of hydrogen-bond acceptors (Lipinski definition) is 2. The van der Waals surface area contributed by atoms with E-state index in [9.17, 15) is 4.79 Å². The molecule has 3 nitrogen and oxygen atoms in total. The maximum absolute atomic E-state index is 12.7. The molecule has 108 valence electrons. The van der Waals surface area contributed by atoms with Crippen LogP contribution in [0.5, 0.6) is 0 Å². The van der Waals surface area contributed by atoms with E-state index in [0.29, 0.717) is 11.9 Å². The third-order valence-corrected chi connectivity index (χ3v) is 4.58. The number of piperidine rings is 1. The monoisotopic (exact) mass is 272 g/mol. The van der Waals surface area contributed by atoms with Crippen molar-refractivity contribution >= 4 is 5.91 Å². The summed E-state index contributed by atoms with van der Waals surface area (Å²) in [6, 6.07) is 11.0. The van der Waals surface area contributed by atoms with Gasteiger partial charge in [-0.3, -0.25) is 4.79 Å². The van der Waals surface area contributed by atoms with Gasteiger partial charge in [-0.15, -0.1) is 0 Å². The van der Waals surface area contributed by atoms with Gasteiger partial charge in [0.1, 0.15) is 0 Å². The Balaban J connectivity index is 1.64. The van der Waals surface area contributed by atoms with Crippen LogP contribution in [0.3, 0.4) is 0 Å². The van der Waals surface area contributed by atoms with Gasteiger partial charge in [-0.1, -0.05) is 36.8 Å². The number of carbonyl (C=O) groups is 1. The molecule has 0 saturated carbocycles. The van der Waals surface area contributed by atoms with E-state index in [0.717, 1.165) is 38.8 Å². The molecule has 0 aliphatic carbocycles. The second-order valence-electron chi connectivity index (χ2n) is 6.02. The number of nitrogens with one attached hydrogen (secondary N) is 1. The average Bonchev–Trinajstić information content (AvgIpc) is 2.96. The molecule has 0 spiro atoms. The lowest BCUT2D eigenvalue weighted by atomic mass is 10.0. The number of likely N-dealkylation sites (tertiary alicyclic amines) is 1. The summed E-state index contributed by atoms with van der Waals surface area (Å²) in [7, 11) is 0. The molecule has 1 N–H and O–H groups in total. The van der Waals surface area contributed by atoms with Crippen molar-refractivity contribution in [2.75, 3.05) is 13.1 Å². The molecule has 2 atom stereocenters. The smallest absolute Gasteiger partial charge is 0.239 e. The van der Waals surface area contributed by atoms with E-state index in [1.54, 1.807) is 0 Å². The van der Waals surface area contributed by atoms with Crippen LogP contribution in [0.15, 0.2) is 30.3 Å². The Kier molecular flexibility index (Phi) is 4.36. The van der Waals surface area contributed by atoms with Gasteiger partial charge in [-0.05, 0) is 44.2 Å². The van der Waals surface area contributed by atoms with Crippen molar-refractivity contribution in [3.8, 4) is 0 Å². The van der Waals surface area contributed by atoms with Gasteiger partial charge < -0.3 is 10.2 Å². The topological polar surface area (TPSA) is 32.3 Å². The Hall–Kier alpha value is -1.35. The number of hydrogen-bond donors (Lipinski definition) is 1. The van der Waals surface area contributed by atoms with Crippen molar-refractivity contribution in [1.29, 1.82) is 0 Å². The van der Waals surface area contributed by atoms with Crippen molar-refractivity contribution in [2.45, 2.75) is 50.6 Å².